The minimum absolute atomic E-state index is 0.000314. The van der Waals surface area contributed by atoms with Gasteiger partial charge < -0.3 is 24.8 Å². The van der Waals surface area contributed by atoms with E-state index in [0.717, 1.165) is 19.3 Å². The third kappa shape index (κ3) is 10.4. The Bertz CT molecular complexity index is 1100. The quantitative estimate of drug-likeness (QED) is 0.128. The highest BCUT2D eigenvalue weighted by molar-refractivity contribution is 5.95. The lowest BCUT2D eigenvalue weighted by Crippen LogP contribution is -2.63. The van der Waals surface area contributed by atoms with Gasteiger partial charge in [0.2, 0.25) is 0 Å². The molecule has 3 aliphatic rings. The third-order valence-corrected chi connectivity index (χ3v) is 12.4. The Balaban J connectivity index is 1.79. The zero-order valence-electron chi connectivity index (χ0n) is 33.4. The molecule has 278 valence electrons. The molecule has 0 aromatic rings. The monoisotopic (exact) mass is 677 g/mol. The topological polar surface area (TPSA) is 103 Å². The highest BCUT2D eigenvalue weighted by Crippen LogP contribution is 2.51. The molecule has 2 N–H and O–H groups in total. The Morgan fingerprint density at radius 1 is 0.583 bits per heavy atom. The summed E-state index contributed by atoms with van der Waals surface area (Å²) < 4.78 is 18.5. The summed E-state index contributed by atoms with van der Waals surface area (Å²) in [7, 11) is 0. The van der Waals surface area contributed by atoms with Crippen LogP contribution < -0.4 is 10.6 Å². The smallest absolute Gasteiger partial charge is 0.320 e. The minimum atomic E-state index is -1.19. The van der Waals surface area contributed by atoms with E-state index in [4.69, 9.17) is 14.2 Å². The van der Waals surface area contributed by atoms with Crippen molar-refractivity contribution in [3.05, 3.63) is 0 Å². The summed E-state index contributed by atoms with van der Waals surface area (Å²) in [5.74, 6) is -1.68. The molecule has 0 amide bonds. The van der Waals surface area contributed by atoms with Crippen LogP contribution in [0.15, 0.2) is 0 Å². The van der Waals surface area contributed by atoms with Gasteiger partial charge in [-0.1, -0.05) is 62.3 Å². The molecule has 0 aromatic heterocycles. The van der Waals surface area contributed by atoms with Gasteiger partial charge in [-0.3, -0.25) is 14.4 Å². The number of carbonyl (C=O) groups excluding carboxylic acids is 3. The molecule has 48 heavy (non-hydrogen) atoms. The third-order valence-electron chi connectivity index (χ3n) is 12.4. The molecule has 1 aliphatic carbocycles. The van der Waals surface area contributed by atoms with E-state index in [1.807, 2.05) is 0 Å². The van der Waals surface area contributed by atoms with Crippen LogP contribution in [-0.4, -0.2) is 58.4 Å². The van der Waals surface area contributed by atoms with E-state index in [0.29, 0.717) is 43.4 Å². The lowest BCUT2D eigenvalue weighted by molar-refractivity contribution is -0.175. The molecule has 3 fully saturated rings. The number of hydrogen-bond donors (Lipinski definition) is 2. The molecular weight excluding hydrogens is 604 g/mol. The normalized spacial score (nSPS) is 35.2. The van der Waals surface area contributed by atoms with Gasteiger partial charge in [-0.05, 0) is 95.8 Å². The van der Waals surface area contributed by atoms with Crippen LogP contribution in [0.25, 0.3) is 0 Å². The molecule has 0 aromatic carbocycles. The second kappa shape index (κ2) is 14.5. The van der Waals surface area contributed by atoms with E-state index in [1.165, 1.54) is 0 Å². The first-order chi connectivity index (χ1) is 21.7. The number of hydrogen-bond acceptors (Lipinski definition) is 8. The molecule has 0 spiro atoms. The van der Waals surface area contributed by atoms with E-state index in [9.17, 15) is 14.4 Å². The Hall–Kier alpha value is -1.67. The fraction of sp³-hybridized carbons (Fsp3) is 0.925. The largest absolute Gasteiger partial charge is 0.462 e. The SMILES string of the molecule is CC(C)C1(C)CC(OC(=O)C(CCC(=O)OC2CC(C)(C)NC(C)(C(C)C)C2)C(=O)OC2CC(C)(C)NC(C)(C(C)C)C2)CC(C)(C)C1. The van der Waals surface area contributed by atoms with Crippen LogP contribution in [0, 0.1) is 34.5 Å². The average molecular weight is 677 g/mol. The van der Waals surface area contributed by atoms with E-state index in [1.54, 1.807) is 0 Å². The molecule has 8 heteroatoms. The van der Waals surface area contributed by atoms with E-state index in [2.05, 4.69) is 114 Å². The average Bonchev–Trinajstić information content (AvgIpc) is 2.84. The van der Waals surface area contributed by atoms with Crippen LogP contribution in [0.2, 0.25) is 0 Å². The summed E-state index contributed by atoms with van der Waals surface area (Å²) in [4.78, 5) is 41.4. The van der Waals surface area contributed by atoms with Crippen molar-refractivity contribution in [1.29, 1.82) is 0 Å². The second-order valence-corrected chi connectivity index (χ2v) is 19.9. The van der Waals surface area contributed by atoms with Crippen molar-refractivity contribution >= 4 is 17.9 Å². The molecule has 3 rings (SSSR count). The van der Waals surface area contributed by atoms with Crippen molar-refractivity contribution in [2.75, 3.05) is 0 Å². The van der Waals surface area contributed by atoms with E-state index >= 15 is 0 Å². The predicted molar refractivity (Wildman–Crippen MR) is 192 cm³/mol. The van der Waals surface area contributed by atoms with Crippen molar-refractivity contribution in [2.45, 2.75) is 202 Å². The molecule has 1 saturated carbocycles. The lowest BCUT2D eigenvalue weighted by atomic mass is 9.59. The molecule has 2 heterocycles. The first kappa shape index (κ1) is 40.8. The Kier molecular flexibility index (Phi) is 12.3. The summed E-state index contributed by atoms with van der Waals surface area (Å²) >= 11 is 0. The van der Waals surface area contributed by atoms with E-state index < -0.39 is 23.8 Å². The van der Waals surface area contributed by atoms with Gasteiger partial charge in [0.15, 0.2) is 5.92 Å². The van der Waals surface area contributed by atoms with Crippen LogP contribution in [0.3, 0.4) is 0 Å². The fourth-order valence-electron chi connectivity index (χ4n) is 9.21. The number of rotatable bonds is 11. The maximum absolute atomic E-state index is 14.0. The number of piperidine rings is 2. The van der Waals surface area contributed by atoms with Crippen LogP contribution in [-0.2, 0) is 28.6 Å². The van der Waals surface area contributed by atoms with Crippen molar-refractivity contribution in [3.63, 3.8) is 0 Å². The summed E-state index contributed by atoms with van der Waals surface area (Å²) in [5, 5.41) is 7.50. The number of carbonyl (C=O) groups is 3. The molecule has 0 radical (unpaired) electrons. The Morgan fingerprint density at radius 2 is 1.00 bits per heavy atom. The van der Waals surface area contributed by atoms with Crippen LogP contribution in [0.4, 0.5) is 0 Å². The highest BCUT2D eigenvalue weighted by Gasteiger charge is 2.48. The van der Waals surface area contributed by atoms with Gasteiger partial charge in [0.1, 0.15) is 18.3 Å². The van der Waals surface area contributed by atoms with Gasteiger partial charge in [-0.2, -0.15) is 0 Å². The molecule has 2 saturated heterocycles. The van der Waals surface area contributed by atoms with Crippen molar-refractivity contribution in [2.24, 2.45) is 34.5 Å². The first-order valence-corrected chi connectivity index (χ1v) is 18.9. The Labute approximate surface area is 293 Å². The van der Waals surface area contributed by atoms with Gasteiger partial charge >= 0.3 is 17.9 Å². The van der Waals surface area contributed by atoms with Gasteiger partial charge in [0.25, 0.3) is 0 Å². The predicted octanol–water partition coefficient (Wildman–Crippen LogP) is 8.14. The van der Waals surface area contributed by atoms with Gasteiger partial charge in [-0.25, -0.2) is 0 Å². The standard InChI is InChI=1S/C40H72N2O6/c1-25(2)38(13)21-28(18-35(7,8)24-38)47-33(44)31(34(45)48-30-20-37(11,12)42-40(15,23-30)27(5)6)16-17-32(43)46-29-19-36(9,10)41-39(14,22-29)26(3)4/h25-31,41-42H,16-24H2,1-15H3. The number of ether oxygens (including phenoxy) is 3. The molecule has 7 unspecified atom stereocenters. The zero-order chi connectivity index (χ0) is 36.7. The highest BCUT2D eigenvalue weighted by atomic mass is 16.6. The van der Waals surface area contributed by atoms with Crippen LogP contribution >= 0.6 is 0 Å². The van der Waals surface area contributed by atoms with Gasteiger partial charge in [0, 0.05) is 54.3 Å². The molecule has 8 nitrogen and oxygen atoms in total. The van der Waals surface area contributed by atoms with Crippen molar-refractivity contribution < 1.29 is 28.6 Å². The summed E-state index contributed by atoms with van der Waals surface area (Å²) in [6.45, 7) is 32.8. The summed E-state index contributed by atoms with van der Waals surface area (Å²) in [6, 6.07) is 0. The van der Waals surface area contributed by atoms with Crippen molar-refractivity contribution in [3.8, 4) is 0 Å². The molecule has 0 bridgehead atoms. The molecule has 7 atom stereocenters. The fourth-order valence-corrected chi connectivity index (χ4v) is 9.21. The van der Waals surface area contributed by atoms with E-state index in [-0.39, 0.29) is 64.1 Å². The zero-order valence-corrected chi connectivity index (χ0v) is 33.4. The second-order valence-electron chi connectivity index (χ2n) is 19.9. The van der Waals surface area contributed by atoms with Crippen molar-refractivity contribution in [1.82, 2.24) is 10.6 Å². The van der Waals surface area contributed by atoms with Crippen LogP contribution in [0.1, 0.15) is 162 Å². The number of esters is 3. The van der Waals surface area contributed by atoms with Gasteiger partial charge in [-0.15, -0.1) is 0 Å². The maximum Gasteiger partial charge on any atom is 0.320 e. The molecular formula is C40H72N2O6. The Morgan fingerprint density at radius 3 is 1.42 bits per heavy atom. The lowest BCUT2D eigenvalue weighted by Gasteiger charge is -2.50. The minimum Gasteiger partial charge on any atom is -0.462 e. The number of nitrogens with one attached hydrogen (secondary N) is 2. The summed E-state index contributed by atoms with van der Waals surface area (Å²) in [6.07, 6.45) is 4.25. The molecule has 2 aliphatic heterocycles. The first-order valence-electron chi connectivity index (χ1n) is 18.9. The van der Waals surface area contributed by atoms with Crippen LogP contribution in [0.5, 0.6) is 0 Å². The maximum atomic E-state index is 14.0. The van der Waals surface area contributed by atoms with Gasteiger partial charge in [0.05, 0.1) is 0 Å². The summed E-state index contributed by atoms with van der Waals surface area (Å²) in [5.41, 5.74) is -0.824.